The molecule has 23 heteroatoms. The van der Waals surface area contributed by atoms with E-state index in [1.165, 1.54) is 0 Å². The molecule has 0 aromatic carbocycles. The number of ether oxygens (including phenoxy) is 1. The van der Waals surface area contributed by atoms with Gasteiger partial charge in [0.1, 0.15) is 6.61 Å². The van der Waals surface area contributed by atoms with Crippen LogP contribution in [-0.2, 0) is 4.74 Å². The van der Waals surface area contributed by atoms with Crippen molar-refractivity contribution in [3.63, 3.8) is 0 Å². The number of carbonyl (C=O) groups excluding carboxylic acids is 1. The van der Waals surface area contributed by atoms with Gasteiger partial charge in [-0.25, -0.2) is 4.79 Å². The van der Waals surface area contributed by atoms with Gasteiger partial charge in [-0.1, -0.05) is 0 Å². The Balaban J connectivity index is 3.23. The van der Waals surface area contributed by atoms with Gasteiger partial charge in [0.05, 0.1) is 6.42 Å². The molecule has 0 spiro atoms. The third-order valence-corrected chi connectivity index (χ3v) is 4.39. The maximum Gasteiger partial charge on any atom is 0.533 e. The molecule has 1 aromatic heterocycles. The third kappa shape index (κ3) is 4.78. The highest BCUT2D eigenvalue weighted by Gasteiger charge is 2.95. The molecule has 0 bridgehead atoms. The largest absolute Gasteiger partial charge is 0.533 e. The Morgan fingerprint density at radius 3 is 1.34 bits per heavy atom. The molecule has 0 amide bonds. The summed E-state index contributed by atoms with van der Waals surface area (Å²) < 4.78 is 227. The van der Waals surface area contributed by atoms with Crippen molar-refractivity contribution < 1.29 is 99.2 Å². The third-order valence-electron chi connectivity index (χ3n) is 4.39. The van der Waals surface area contributed by atoms with Crippen LogP contribution in [0.3, 0.4) is 0 Å². The predicted molar refractivity (Wildman–Crippen MR) is 81.0 cm³/mol. The summed E-state index contributed by atoms with van der Waals surface area (Å²) in [5.41, 5.74) is 0. The van der Waals surface area contributed by atoms with Crippen LogP contribution in [0.5, 0.6) is 11.8 Å². The summed E-state index contributed by atoms with van der Waals surface area (Å²) in [5.74, 6) is -59.6. The molecule has 0 aliphatic heterocycles. The normalized spacial score (nSPS) is 15.0. The molecule has 0 atom stereocenters. The van der Waals surface area contributed by atoms with Gasteiger partial charge >= 0.3 is 53.8 Å². The topological polar surface area (TPSA) is 80.9 Å². The van der Waals surface area contributed by atoms with E-state index in [0.29, 0.717) is 12.1 Å². The van der Waals surface area contributed by atoms with Gasteiger partial charge < -0.3 is 14.9 Å². The lowest BCUT2D eigenvalue weighted by Gasteiger charge is -2.42. The molecule has 1 aromatic rings. The van der Waals surface area contributed by atoms with Crippen LogP contribution in [-0.4, -0.2) is 75.3 Å². The quantitative estimate of drug-likeness (QED) is 0.258. The Morgan fingerprint density at radius 1 is 0.632 bits per heavy atom. The van der Waals surface area contributed by atoms with Gasteiger partial charge in [-0.2, -0.15) is 74.6 Å². The van der Waals surface area contributed by atoms with Crippen LogP contribution in [0.1, 0.15) is 6.42 Å². The van der Waals surface area contributed by atoms with E-state index in [1.807, 2.05) is 0 Å². The van der Waals surface area contributed by atoms with E-state index in [1.54, 1.807) is 0 Å². The van der Waals surface area contributed by atoms with Crippen molar-refractivity contribution in [2.45, 2.75) is 54.1 Å². The van der Waals surface area contributed by atoms with Crippen molar-refractivity contribution >= 4 is 6.16 Å². The Hall–Kier alpha value is -3.04. The van der Waals surface area contributed by atoms with E-state index in [0.717, 1.165) is 0 Å². The summed E-state index contributed by atoms with van der Waals surface area (Å²) in [5, 5.41) is 18.2. The summed E-state index contributed by atoms with van der Waals surface area (Å²) in [6, 6.07) is 1.26. The zero-order valence-electron chi connectivity index (χ0n) is 17.1. The number of hydrogen-bond donors (Lipinski definition) is 2. The first-order chi connectivity index (χ1) is 16.5. The van der Waals surface area contributed by atoms with Crippen LogP contribution in [0.25, 0.3) is 0 Å². The average Bonchev–Trinajstić information content (AvgIpc) is 3.03. The molecule has 0 saturated carbocycles. The first kappa shape index (κ1) is 33.0. The second kappa shape index (κ2) is 9.31. The zero-order chi connectivity index (χ0) is 30.6. The SMILES string of the molecule is O=C(OCCC(F)(F)C(F)(F)C(F)(F)C(F)(F)C(F)(F)C(F)(F)C(F)(F)C(F)(F)F)On1c(O)ccc1O. The second-order valence-corrected chi connectivity index (χ2v) is 6.93. The summed E-state index contributed by atoms with van der Waals surface area (Å²) in [7, 11) is 0. The number of aromatic nitrogens is 1. The molecule has 0 aliphatic rings. The molecule has 38 heavy (non-hydrogen) atoms. The van der Waals surface area contributed by atoms with Crippen molar-refractivity contribution in [3.05, 3.63) is 12.1 Å². The van der Waals surface area contributed by atoms with E-state index in [9.17, 15) is 79.4 Å². The molecule has 2 N–H and O–H groups in total. The van der Waals surface area contributed by atoms with Crippen LogP contribution >= 0.6 is 0 Å². The molecular formula is C15H8F17NO5. The second-order valence-electron chi connectivity index (χ2n) is 6.93. The molecule has 0 fully saturated rings. The minimum Gasteiger partial charge on any atom is -0.492 e. The first-order valence-electron chi connectivity index (χ1n) is 8.70. The molecule has 6 nitrogen and oxygen atoms in total. The van der Waals surface area contributed by atoms with Gasteiger partial charge in [0.2, 0.25) is 11.8 Å². The Bertz CT molecular complexity index is 996. The van der Waals surface area contributed by atoms with Gasteiger partial charge in [0, 0.05) is 12.1 Å². The minimum absolute atomic E-state index is 0.219. The van der Waals surface area contributed by atoms with E-state index in [2.05, 4.69) is 9.57 Å². The maximum atomic E-state index is 13.7. The standard InChI is InChI=1S/C15H8F17NO5/c16-8(17,3-4-37-7(36)38-33-5(34)1-2-6(33)35)9(18,19)10(20,21)11(22,23)12(24,25)13(26,27)14(28,29)15(30,31)32/h1-2,34-35H,3-4H2. The minimum atomic E-state index is -8.75. The average molecular weight is 605 g/mol. The number of aromatic hydroxyl groups is 2. The van der Waals surface area contributed by atoms with Crippen molar-refractivity contribution in [1.29, 1.82) is 0 Å². The Labute approximate surface area is 196 Å². The number of alkyl halides is 17. The number of carbonyl (C=O) groups is 1. The summed E-state index contributed by atoms with van der Waals surface area (Å²) in [6.45, 7) is -2.26. The van der Waals surface area contributed by atoms with Crippen molar-refractivity contribution in [2.24, 2.45) is 0 Å². The van der Waals surface area contributed by atoms with Crippen LogP contribution < -0.4 is 4.84 Å². The fourth-order valence-corrected chi connectivity index (χ4v) is 2.21. The number of hydrogen-bond acceptors (Lipinski definition) is 5. The highest BCUT2D eigenvalue weighted by atomic mass is 19.4. The smallest absolute Gasteiger partial charge is 0.492 e. The Kier molecular flexibility index (Phi) is 8.08. The molecule has 1 rings (SSSR count). The molecule has 0 radical (unpaired) electrons. The lowest BCUT2D eigenvalue weighted by molar-refractivity contribution is -0.461. The fourth-order valence-electron chi connectivity index (χ4n) is 2.21. The van der Waals surface area contributed by atoms with Gasteiger partial charge in [-0.05, 0) is 0 Å². The maximum absolute atomic E-state index is 13.7. The van der Waals surface area contributed by atoms with Gasteiger partial charge in [-0.3, -0.25) is 4.84 Å². The summed E-state index contributed by atoms with van der Waals surface area (Å²) in [6.07, 6.45) is -13.2. The van der Waals surface area contributed by atoms with Crippen molar-refractivity contribution in [2.75, 3.05) is 6.61 Å². The van der Waals surface area contributed by atoms with Crippen LogP contribution in [0.2, 0.25) is 0 Å². The van der Waals surface area contributed by atoms with Crippen molar-refractivity contribution in [3.8, 4) is 11.8 Å². The highest BCUT2D eigenvalue weighted by molar-refractivity contribution is 5.60. The van der Waals surface area contributed by atoms with Gasteiger partial charge in [0.25, 0.3) is 0 Å². The van der Waals surface area contributed by atoms with Crippen LogP contribution in [0, 0.1) is 0 Å². The van der Waals surface area contributed by atoms with E-state index >= 15 is 0 Å². The Morgan fingerprint density at radius 2 is 0.974 bits per heavy atom. The molecule has 222 valence electrons. The zero-order valence-corrected chi connectivity index (χ0v) is 17.1. The predicted octanol–water partition coefficient (Wildman–Crippen LogP) is 5.86. The summed E-state index contributed by atoms with van der Waals surface area (Å²) >= 11 is 0. The van der Waals surface area contributed by atoms with Crippen LogP contribution in [0.15, 0.2) is 12.1 Å². The lowest BCUT2D eigenvalue weighted by Crippen LogP contribution is -2.74. The monoisotopic (exact) mass is 605 g/mol. The van der Waals surface area contributed by atoms with Crippen molar-refractivity contribution in [1.82, 2.24) is 4.73 Å². The molecule has 1 heterocycles. The first-order valence-corrected chi connectivity index (χ1v) is 8.70. The number of rotatable bonds is 10. The van der Waals surface area contributed by atoms with E-state index in [-0.39, 0.29) is 4.73 Å². The van der Waals surface area contributed by atoms with E-state index < -0.39 is 78.6 Å². The molecule has 0 saturated heterocycles. The highest BCUT2D eigenvalue weighted by Crippen LogP contribution is 2.64. The van der Waals surface area contributed by atoms with E-state index in [4.69, 9.17) is 10.2 Å². The summed E-state index contributed by atoms with van der Waals surface area (Å²) in [4.78, 5) is 15.1. The molecule has 0 unspecified atom stereocenters. The van der Waals surface area contributed by atoms with Gasteiger partial charge in [0.15, 0.2) is 0 Å². The van der Waals surface area contributed by atoms with Gasteiger partial charge in [-0.15, -0.1) is 4.73 Å². The number of halogens is 17. The molecule has 0 aliphatic carbocycles. The van der Waals surface area contributed by atoms with Crippen LogP contribution in [0.4, 0.5) is 79.4 Å². The lowest BCUT2D eigenvalue weighted by atomic mass is 9.88. The fraction of sp³-hybridized carbons (Fsp3) is 0.667. The number of nitrogens with zero attached hydrogens (tertiary/aromatic N) is 1. The molecular weight excluding hydrogens is 597 g/mol.